The number of hydrogen-bond acceptors (Lipinski definition) is 4. The Hall–Kier alpha value is -1.62. The van der Waals surface area contributed by atoms with E-state index in [1.807, 2.05) is 24.9 Å². The third-order valence-electron chi connectivity index (χ3n) is 3.92. The SMILES string of the molecule is CCNc1ccc(C(=O)N(C)C2CCN(C)CC2)nc1. The quantitative estimate of drug-likeness (QED) is 0.909. The van der Waals surface area contributed by atoms with Crippen LogP contribution in [0.15, 0.2) is 18.3 Å². The second kappa shape index (κ2) is 6.70. The molecule has 5 nitrogen and oxygen atoms in total. The lowest BCUT2D eigenvalue weighted by Crippen LogP contribution is -2.44. The molecule has 0 unspecified atom stereocenters. The highest BCUT2D eigenvalue weighted by Gasteiger charge is 2.25. The van der Waals surface area contributed by atoms with Gasteiger partial charge in [0.1, 0.15) is 5.69 Å². The Labute approximate surface area is 121 Å². The van der Waals surface area contributed by atoms with Crippen molar-refractivity contribution in [1.29, 1.82) is 0 Å². The van der Waals surface area contributed by atoms with Crippen molar-refractivity contribution in [3.05, 3.63) is 24.0 Å². The second-order valence-corrected chi connectivity index (χ2v) is 5.41. The molecule has 0 aromatic carbocycles. The summed E-state index contributed by atoms with van der Waals surface area (Å²) in [4.78, 5) is 20.8. The van der Waals surface area contributed by atoms with Crippen LogP contribution < -0.4 is 5.32 Å². The molecule has 1 aliphatic rings. The first kappa shape index (κ1) is 14.8. The fraction of sp³-hybridized carbons (Fsp3) is 0.600. The van der Waals surface area contributed by atoms with Crippen LogP contribution in [0.4, 0.5) is 5.69 Å². The van der Waals surface area contributed by atoms with Crippen molar-refractivity contribution >= 4 is 11.6 Å². The van der Waals surface area contributed by atoms with E-state index in [4.69, 9.17) is 0 Å². The number of nitrogens with zero attached hydrogens (tertiary/aromatic N) is 3. The Kier molecular flexibility index (Phi) is 4.95. The van der Waals surface area contributed by atoms with Crippen LogP contribution in [0.5, 0.6) is 0 Å². The molecule has 0 saturated carbocycles. The van der Waals surface area contributed by atoms with Crippen molar-refractivity contribution in [3.8, 4) is 0 Å². The third-order valence-corrected chi connectivity index (χ3v) is 3.92. The highest BCUT2D eigenvalue weighted by atomic mass is 16.2. The van der Waals surface area contributed by atoms with Gasteiger partial charge in [0.05, 0.1) is 11.9 Å². The maximum atomic E-state index is 12.4. The molecule has 0 atom stereocenters. The molecule has 1 fully saturated rings. The Balaban J connectivity index is 1.99. The molecule has 20 heavy (non-hydrogen) atoms. The number of piperidine rings is 1. The van der Waals surface area contributed by atoms with Gasteiger partial charge in [0.25, 0.3) is 5.91 Å². The van der Waals surface area contributed by atoms with E-state index in [9.17, 15) is 4.79 Å². The Morgan fingerprint density at radius 2 is 2.15 bits per heavy atom. The number of rotatable bonds is 4. The number of pyridine rings is 1. The number of nitrogens with one attached hydrogen (secondary N) is 1. The van der Waals surface area contributed by atoms with E-state index < -0.39 is 0 Å². The minimum absolute atomic E-state index is 0.0163. The summed E-state index contributed by atoms with van der Waals surface area (Å²) in [7, 11) is 4.01. The maximum Gasteiger partial charge on any atom is 0.272 e. The third kappa shape index (κ3) is 3.48. The van der Waals surface area contributed by atoms with Crippen LogP contribution in [0.25, 0.3) is 0 Å². The fourth-order valence-corrected chi connectivity index (χ4v) is 2.56. The Morgan fingerprint density at radius 1 is 1.45 bits per heavy atom. The van der Waals surface area contributed by atoms with Gasteiger partial charge in [0, 0.05) is 19.6 Å². The van der Waals surface area contributed by atoms with Gasteiger partial charge in [-0.25, -0.2) is 4.98 Å². The van der Waals surface area contributed by atoms with Gasteiger partial charge in [-0.15, -0.1) is 0 Å². The average Bonchev–Trinajstić information content (AvgIpc) is 2.48. The smallest absolute Gasteiger partial charge is 0.272 e. The van der Waals surface area contributed by atoms with Gasteiger partial charge in [0.2, 0.25) is 0 Å². The van der Waals surface area contributed by atoms with E-state index >= 15 is 0 Å². The Bertz CT molecular complexity index is 438. The number of anilines is 1. The topological polar surface area (TPSA) is 48.5 Å². The van der Waals surface area contributed by atoms with Crippen LogP contribution >= 0.6 is 0 Å². The highest BCUT2D eigenvalue weighted by Crippen LogP contribution is 2.16. The first-order valence-corrected chi connectivity index (χ1v) is 7.27. The number of hydrogen-bond donors (Lipinski definition) is 1. The molecule has 0 radical (unpaired) electrons. The van der Waals surface area contributed by atoms with Gasteiger partial charge in [-0.3, -0.25) is 4.79 Å². The van der Waals surface area contributed by atoms with E-state index in [-0.39, 0.29) is 5.91 Å². The van der Waals surface area contributed by atoms with Crippen LogP contribution in [0.2, 0.25) is 0 Å². The first-order valence-electron chi connectivity index (χ1n) is 7.27. The molecule has 0 spiro atoms. The number of aromatic nitrogens is 1. The second-order valence-electron chi connectivity index (χ2n) is 5.41. The molecule has 1 N–H and O–H groups in total. The van der Waals surface area contributed by atoms with Crippen molar-refractivity contribution in [2.75, 3.05) is 39.0 Å². The lowest BCUT2D eigenvalue weighted by molar-refractivity contribution is 0.0654. The fourth-order valence-electron chi connectivity index (χ4n) is 2.56. The van der Waals surface area contributed by atoms with E-state index in [0.29, 0.717) is 11.7 Å². The summed E-state index contributed by atoms with van der Waals surface area (Å²) >= 11 is 0. The normalized spacial score (nSPS) is 16.9. The molecule has 1 aromatic rings. The van der Waals surface area contributed by atoms with Crippen molar-refractivity contribution in [2.45, 2.75) is 25.8 Å². The average molecular weight is 276 g/mol. The van der Waals surface area contributed by atoms with E-state index in [2.05, 4.69) is 22.2 Å². The molecule has 1 amide bonds. The number of carbonyl (C=O) groups excluding carboxylic acids is 1. The van der Waals surface area contributed by atoms with Crippen LogP contribution in [0, 0.1) is 0 Å². The standard InChI is InChI=1S/C15H24N4O/c1-4-16-12-5-6-14(17-11-12)15(20)19(3)13-7-9-18(2)10-8-13/h5-6,11,13,16H,4,7-10H2,1-3H3. The van der Waals surface area contributed by atoms with Crippen LogP contribution in [0.3, 0.4) is 0 Å². The summed E-state index contributed by atoms with van der Waals surface area (Å²) < 4.78 is 0. The van der Waals surface area contributed by atoms with Gasteiger partial charge in [0.15, 0.2) is 0 Å². The van der Waals surface area contributed by atoms with Gasteiger partial charge < -0.3 is 15.1 Å². The largest absolute Gasteiger partial charge is 0.384 e. The molecule has 1 saturated heterocycles. The molecule has 1 aliphatic heterocycles. The molecule has 1 aromatic heterocycles. The lowest BCUT2D eigenvalue weighted by Gasteiger charge is -2.34. The molecular formula is C15H24N4O. The van der Waals surface area contributed by atoms with Gasteiger partial charge >= 0.3 is 0 Å². The van der Waals surface area contributed by atoms with Gasteiger partial charge in [-0.05, 0) is 52.0 Å². The molecule has 0 aliphatic carbocycles. The van der Waals surface area contributed by atoms with Crippen molar-refractivity contribution in [1.82, 2.24) is 14.8 Å². The number of amides is 1. The predicted molar refractivity (Wildman–Crippen MR) is 81.0 cm³/mol. The monoisotopic (exact) mass is 276 g/mol. The summed E-state index contributed by atoms with van der Waals surface area (Å²) in [6.45, 7) is 4.99. The molecular weight excluding hydrogens is 252 g/mol. The van der Waals surface area contributed by atoms with Crippen LogP contribution in [-0.4, -0.2) is 60.5 Å². The van der Waals surface area contributed by atoms with Crippen molar-refractivity contribution < 1.29 is 4.79 Å². The van der Waals surface area contributed by atoms with Gasteiger partial charge in [-0.2, -0.15) is 0 Å². The maximum absolute atomic E-state index is 12.4. The van der Waals surface area contributed by atoms with Crippen molar-refractivity contribution in [3.63, 3.8) is 0 Å². The lowest BCUT2D eigenvalue weighted by atomic mass is 10.0. The highest BCUT2D eigenvalue weighted by molar-refractivity contribution is 5.92. The minimum atomic E-state index is 0.0163. The first-order chi connectivity index (χ1) is 9.61. The van der Waals surface area contributed by atoms with E-state index in [1.165, 1.54) is 0 Å². The number of carbonyl (C=O) groups is 1. The summed E-state index contributed by atoms with van der Waals surface area (Å²) in [6, 6.07) is 4.03. The van der Waals surface area contributed by atoms with Crippen LogP contribution in [0.1, 0.15) is 30.3 Å². The summed E-state index contributed by atoms with van der Waals surface area (Å²) in [5.41, 5.74) is 1.47. The zero-order valence-electron chi connectivity index (χ0n) is 12.6. The summed E-state index contributed by atoms with van der Waals surface area (Å²) in [5.74, 6) is 0.0163. The zero-order valence-corrected chi connectivity index (χ0v) is 12.6. The Morgan fingerprint density at radius 3 is 2.70 bits per heavy atom. The minimum Gasteiger partial charge on any atom is -0.384 e. The number of likely N-dealkylation sites (tertiary alicyclic amines) is 1. The molecule has 2 rings (SSSR count). The van der Waals surface area contributed by atoms with Crippen molar-refractivity contribution in [2.24, 2.45) is 0 Å². The molecule has 2 heterocycles. The van der Waals surface area contributed by atoms with E-state index in [0.717, 1.165) is 38.2 Å². The predicted octanol–water partition coefficient (Wildman–Crippen LogP) is 1.68. The molecule has 0 bridgehead atoms. The van der Waals surface area contributed by atoms with E-state index in [1.54, 1.807) is 12.3 Å². The van der Waals surface area contributed by atoms with Gasteiger partial charge in [-0.1, -0.05) is 0 Å². The van der Waals surface area contributed by atoms with Crippen LogP contribution in [-0.2, 0) is 0 Å². The summed E-state index contributed by atoms with van der Waals surface area (Å²) in [5, 5.41) is 3.18. The molecule has 110 valence electrons. The summed E-state index contributed by atoms with van der Waals surface area (Å²) in [6.07, 6.45) is 3.79. The zero-order chi connectivity index (χ0) is 14.5. The molecule has 5 heteroatoms.